The largest absolute Gasteiger partial charge is 0.334 e. The molecule has 0 aliphatic carbocycles. The zero-order chi connectivity index (χ0) is 21.7. The number of anilines is 3. The summed E-state index contributed by atoms with van der Waals surface area (Å²) in [5.74, 6) is -0.608. The van der Waals surface area contributed by atoms with Crippen LogP contribution < -0.4 is 21.3 Å². The molecule has 0 radical (unpaired) electrons. The second-order valence-corrected chi connectivity index (χ2v) is 9.22. The van der Waals surface area contributed by atoms with Crippen LogP contribution in [0.4, 0.5) is 21.9 Å². The molecule has 10 heteroatoms. The predicted molar refractivity (Wildman–Crippen MR) is 114 cm³/mol. The first-order chi connectivity index (χ1) is 14.2. The fourth-order valence-corrected chi connectivity index (χ4v) is 4.75. The number of amides is 4. The van der Waals surface area contributed by atoms with Gasteiger partial charge in [-0.2, -0.15) is 0 Å². The van der Waals surface area contributed by atoms with Crippen molar-refractivity contribution in [2.45, 2.75) is 19.4 Å². The Morgan fingerprint density at radius 2 is 1.53 bits per heavy atom. The first kappa shape index (κ1) is 21.3. The molecule has 3 rings (SSSR count). The van der Waals surface area contributed by atoms with Gasteiger partial charge in [-0.3, -0.25) is 9.59 Å². The van der Waals surface area contributed by atoms with Crippen LogP contribution in [0, 0.1) is 0 Å². The van der Waals surface area contributed by atoms with E-state index in [9.17, 15) is 22.8 Å². The van der Waals surface area contributed by atoms with Gasteiger partial charge in [-0.05, 0) is 42.8 Å². The molecule has 1 saturated heterocycles. The molecule has 0 bridgehead atoms. The Kier molecular flexibility index (Phi) is 6.36. The smallest absolute Gasteiger partial charge is 0.319 e. The molecule has 2 aromatic carbocycles. The number of rotatable bonds is 5. The summed E-state index contributed by atoms with van der Waals surface area (Å²) in [6.45, 7) is 1.39. The van der Waals surface area contributed by atoms with Gasteiger partial charge in [0.25, 0.3) is 5.91 Å². The second-order valence-electron chi connectivity index (χ2n) is 7.00. The summed E-state index contributed by atoms with van der Waals surface area (Å²) >= 11 is 0. The van der Waals surface area contributed by atoms with Gasteiger partial charge in [0.2, 0.25) is 5.91 Å². The highest BCUT2D eigenvalue weighted by Crippen LogP contribution is 2.18. The summed E-state index contributed by atoms with van der Waals surface area (Å²) in [5.41, 5.74) is 1.78. The van der Waals surface area contributed by atoms with Crippen molar-refractivity contribution < 1.29 is 22.8 Å². The third-order valence-corrected chi connectivity index (χ3v) is 6.16. The quantitative estimate of drug-likeness (QED) is 0.577. The average molecular weight is 430 g/mol. The molecular formula is C20H22N4O5S. The molecular weight excluding hydrogens is 408 g/mol. The van der Waals surface area contributed by atoms with E-state index in [1.807, 2.05) is 0 Å². The van der Waals surface area contributed by atoms with Gasteiger partial charge in [-0.1, -0.05) is 12.1 Å². The first-order valence-electron chi connectivity index (χ1n) is 9.27. The molecule has 9 nitrogen and oxygen atoms in total. The summed E-state index contributed by atoms with van der Waals surface area (Å²) in [4.78, 5) is 35.8. The Morgan fingerprint density at radius 1 is 0.900 bits per heavy atom. The molecule has 0 spiro atoms. The van der Waals surface area contributed by atoms with E-state index in [2.05, 4.69) is 21.3 Å². The molecule has 2 aromatic rings. The van der Waals surface area contributed by atoms with Crippen molar-refractivity contribution in [2.24, 2.45) is 0 Å². The molecule has 1 heterocycles. The highest BCUT2D eigenvalue weighted by molar-refractivity contribution is 7.91. The van der Waals surface area contributed by atoms with Crippen LogP contribution in [0.2, 0.25) is 0 Å². The SMILES string of the molecule is CC(=O)Nc1cccc(NC(=O)c2cccc(NC(=O)N[C@H]3CCS(=O)(=O)C3)c2)c1. The highest BCUT2D eigenvalue weighted by Gasteiger charge is 2.28. The number of carbonyl (C=O) groups is 3. The Balaban J connectivity index is 1.61. The molecule has 1 atom stereocenters. The molecule has 1 aliphatic heterocycles. The summed E-state index contributed by atoms with van der Waals surface area (Å²) in [7, 11) is -3.09. The summed E-state index contributed by atoms with van der Waals surface area (Å²) in [6, 6.07) is 12.1. The molecule has 0 unspecified atom stereocenters. The van der Waals surface area contributed by atoms with Crippen LogP contribution in [-0.4, -0.2) is 43.8 Å². The van der Waals surface area contributed by atoms with Gasteiger partial charge >= 0.3 is 6.03 Å². The molecule has 1 fully saturated rings. The van der Waals surface area contributed by atoms with Crippen molar-refractivity contribution in [3.8, 4) is 0 Å². The number of urea groups is 1. The summed E-state index contributed by atoms with van der Waals surface area (Å²) in [6.07, 6.45) is 0.385. The zero-order valence-electron chi connectivity index (χ0n) is 16.3. The predicted octanol–water partition coefficient (Wildman–Crippen LogP) is 2.21. The van der Waals surface area contributed by atoms with Crippen molar-refractivity contribution in [1.82, 2.24) is 5.32 Å². The number of hydrogen-bond donors (Lipinski definition) is 4. The van der Waals surface area contributed by atoms with E-state index in [1.165, 1.54) is 13.0 Å². The lowest BCUT2D eigenvalue weighted by Gasteiger charge is -2.13. The van der Waals surface area contributed by atoms with Gasteiger partial charge in [-0.15, -0.1) is 0 Å². The fourth-order valence-electron chi connectivity index (χ4n) is 3.08. The Bertz CT molecular complexity index is 1080. The van der Waals surface area contributed by atoms with Crippen LogP contribution in [-0.2, 0) is 14.6 Å². The first-order valence-corrected chi connectivity index (χ1v) is 11.1. The fraction of sp³-hybridized carbons (Fsp3) is 0.250. The normalized spacial score (nSPS) is 17.0. The van der Waals surface area contributed by atoms with Crippen molar-refractivity contribution in [2.75, 3.05) is 27.5 Å². The lowest BCUT2D eigenvalue weighted by Crippen LogP contribution is -2.38. The van der Waals surface area contributed by atoms with Crippen LogP contribution in [0.1, 0.15) is 23.7 Å². The lowest BCUT2D eigenvalue weighted by molar-refractivity contribution is -0.114. The van der Waals surface area contributed by atoms with E-state index in [4.69, 9.17) is 0 Å². The van der Waals surface area contributed by atoms with Gasteiger partial charge in [0, 0.05) is 35.6 Å². The zero-order valence-corrected chi connectivity index (χ0v) is 17.1. The minimum atomic E-state index is -3.09. The molecule has 4 amide bonds. The lowest BCUT2D eigenvalue weighted by atomic mass is 10.1. The molecule has 1 aliphatic rings. The van der Waals surface area contributed by atoms with E-state index in [1.54, 1.807) is 42.5 Å². The van der Waals surface area contributed by atoms with Crippen LogP contribution >= 0.6 is 0 Å². The van der Waals surface area contributed by atoms with Crippen LogP contribution in [0.5, 0.6) is 0 Å². The molecule has 158 valence electrons. The van der Waals surface area contributed by atoms with E-state index in [-0.39, 0.29) is 23.3 Å². The van der Waals surface area contributed by atoms with E-state index in [0.29, 0.717) is 29.0 Å². The van der Waals surface area contributed by atoms with Crippen molar-refractivity contribution in [1.29, 1.82) is 0 Å². The van der Waals surface area contributed by atoms with Crippen LogP contribution in [0.15, 0.2) is 48.5 Å². The maximum absolute atomic E-state index is 12.5. The van der Waals surface area contributed by atoms with Crippen LogP contribution in [0.3, 0.4) is 0 Å². The molecule has 0 saturated carbocycles. The minimum Gasteiger partial charge on any atom is -0.334 e. The monoisotopic (exact) mass is 430 g/mol. The number of hydrogen-bond acceptors (Lipinski definition) is 5. The maximum atomic E-state index is 12.5. The topological polar surface area (TPSA) is 133 Å². The number of nitrogens with one attached hydrogen (secondary N) is 4. The minimum absolute atomic E-state index is 0.0662. The third kappa shape index (κ3) is 6.05. The Morgan fingerprint density at radius 3 is 2.17 bits per heavy atom. The number of sulfone groups is 1. The van der Waals surface area contributed by atoms with Crippen LogP contribution in [0.25, 0.3) is 0 Å². The summed E-state index contributed by atoms with van der Waals surface area (Å²) in [5, 5.41) is 10.6. The van der Waals surface area contributed by atoms with Gasteiger partial charge in [0.05, 0.1) is 11.5 Å². The van der Waals surface area contributed by atoms with Gasteiger partial charge in [0.15, 0.2) is 9.84 Å². The Labute approximate surface area is 174 Å². The number of carbonyl (C=O) groups excluding carboxylic acids is 3. The van der Waals surface area contributed by atoms with E-state index in [0.717, 1.165) is 0 Å². The molecule has 30 heavy (non-hydrogen) atoms. The average Bonchev–Trinajstić information content (AvgIpc) is 2.99. The molecule has 4 N–H and O–H groups in total. The standard InChI is InChI=1S/C20H22N4O5S/c1-13(25)21-16-6-3-7-17(11-16)22-19(26)14-4-2-5-15(10-14)23-20(27)24-18-8-9-30(28,29)12-18/h2-7,10-11,18H,8-9,12H2,1H3,(H,21,25)(H,22,26)(H2,23,24,27)/t18-/m0/s1. The van der Waals surface area contributed by atoms with E-state index >= 15 is 0 Å². The maximum Gasteiger partial charge on any atom is 0.319 e. The van der Waals surface area contributed by atoms with Gasteiger partial charge in [-0.25, -0.2) is 13.2 Å². The molecule has 0 aromatic heterocycles. The van der Waals surface area contributed by atoms with Crippen molar-refractivity contribution >= 4 is 44.7 Å². The number of benzene rings is 2. The second kappa shape index (κ2) is 8.95. The third-order valence-electron chi connectivity index (χ3n) is 4.39. The summed E-state index contributed by atoms with van der Waals surface area (Å²) < 4.78 is 23.0. The highest BCUT2D eigenvalue weighted by atomic mass is 32.2. The Hall–Kier alpha value is -3.40. The van der Waals surface area contributed by atoms with Gasteiger partial charge in [0.1, 0.15) is 0 Å². The van der Waals surface area contributed by atoms with Crippen molar-refractivity contribution in [3.63, 3.8) is 0 Å². The van der Waals surface area contributed by atoms with Gasteiger partial charge < -0.3 is 21.3 Å². The van der Waals surface area contributed by atoms with E-state index < -0.39 is 21.9 Å². The van der Waals surface area contributed by atoms with Crippen molar-refractivity contribution in [3.05, 3.63) is 54.1 Å².